The van der Waals surface area contributed by atoms with Gasteiger partial charge in [-0.3, -0.25) is 4.79 Å². The first-order chi connectivity index (χ1) is 12.5. The molecule has 0 atom stereocenters. The molecule has 136 valence electrons. The molecular formula is C21H24N2O3. The Balaban J connectivity index is 1.50. The fourth-order valence-corrected chi connectivity index (χ4v) is 3.23. The average molecular weight is 352 g/mol. The van der Waals surface area contributed by atoms with Gasteiger partial charge in [0.25, 0.3) is 5.91 Å². The predicted molar refractivity (Wildman–Crippen MR) is 101 cm³/mol. The Kier molecular flexibility index (Phi) is 5.56. The number of anilines is 1. The van der Waals surface area contributed by atoms with Crippen molar-refractivity contribution in [2.75, 3.05) is 37.7 Å². The van der Waals surface area contributed by atoms with E-state index < -0.39 is 5.97 Å². The highest BCUT2D eigenvalue weighted by atomic mass is 16.5. The van der Waals surface area contributed by atoms with Gasteiger partial charge in [-0.15, -0.1) is 0 Å². The molecule has 1 heterocycles. The lowest BCUT2D eigenvalue weighted by Crippen LogP contribution is -2.50. The van der Waals surface area contributed by atoms with E-state index in [2.05, 4.69) is 36.9 Å². The molecule has 0 radical (unpaired) electrons. The van der Waals surface area contributed by atoms with Crippen LogP contribution in [0.5, 0.6) is 0 Å². The van der Waals surface area contributed by atoms with Crippen LogP contribution in [-0.4, -0.2) is 49.6 Å². The van der Waals surface area contributed by atoms with Crippen LogP contribution in [0.15, 0.2) is 48.5 Å². The summed E-state index contributed by atoms with van der Waals surface area (Å²) >= 11 is 0. The van der Waals surface area contributed by atoms with Crippen molar-refractivity contribution in [2.45, 2.75) is 13.8 Å². The molecule has 0 spiro atoms. The number of carbonyl (C=O) groups is 2. The van der Waals surface area contributed by atoms with Crippen LogP contribution in [0.3, 0.4) is 0 Å². The molecule has 2 aromatic rings. The van der Waals surface area contributed by atoms with E-state index in [1.807, 2.05) is 6.07 Å². The number of nitrogens with zero attached hydrogens (tertiary/aromatic N) is 2. The number of hydrogen-bond donors (Lipinski definition) is 0. The number of hydrogen-bond acceptors (Lipinski definition) is 4. The van der Waals surface area contributed by atoms with Crippen LogP contribution in [-0.2, 0) is 9.53 Å². The fraction of sp³-hybridized carbons (Fsp3) is 0.333. The maximum atomic E-state index is 12.3. The second kappa shape index (κ2) is 8.04. The van der Waals surface area contributed by atoms with Crippen molar-refractivity contribution >= 4 is 17.6 Å². The maximum absolute atomic E-state index is 12.3. The fourth-order valence-electron chi connectivity index (χ4n) is 3.23. The number of benzene rings is 2. The smallest absolute Gasteiger partial charge is 0.338 e. The Morgan fingerprint density at radius 1 is 0.962 bits per heavy atom. The summed E-state index contributed by atoms with van der Waals surface area (Å²) in [7, 11) is 0. The van der Waals surface area contributed by atoms with Crippen molar-refractivity contribution in [3.8, 4) is 0 Å². The van der Waals surface area contributed by atoms with Crippen molar-refractivity contribution in [3.63, 3.8) is 0 Å². The minimum atomic E-state index is -0.465. The molecule has 0 aromatic heterocycles. The van der Waals surface area contributed by atoms with Crippen LogP contribution in [0.4, 0.5) is 5.69 Å². The van der Waals surface area contributed by atoms with Crippen LogP contribution in [0.25, 0.3) is 0 Å². The number of amides is 1. The van der Waals surface area contributed by atoms with Crippen molar-refractivity contribution in [1.82, 2.24) is 4.90 Å². The zero-order valence-corrected chi connectivity index (χ0v) is 15.3. The number of rotatable bonds is 4. The highest BCUT2D eigenvalue weighted by Gasteiger charge is 2.23. The summed E-state index contributed by atoms with van der Waals surface area (Å²) in [6.45, 7) is 6.82. The lowest BCUT2D eigenvalue weighted by Gasteiger charge is -2.36. The molecule has 0 bridgehead atoms. The molecule has 1 aliphatic rings. The predicted octanol–water partition coefficient (Wildman–Crippen LogP) is 2.81. The van der Waals surface area contributed by atoms with Crippen molar-refractivity contribution in [3.05, 3.63) is 65.2 Å². The van der Waals surface area contributed by atoms with Gasteiger partial charge in [-0.25, -0.2) is 4.79 Å². The zero-order valence-electron chi connectivity index (χ0n) is 15.3. The monoisotopic (exact) mass is 352 g/mol. The quantitative estimate of drug-likeness (QED) is 0.794. The van der Waals surface area contributed by atoms with Gasteiger partial charge < -0.3 is 14.5 Å². The molecule has 0 aliphatic carbocycles. The Labute approximate surface area is 154 Å². The standard InChI is InChI=1S/C21H24N2O3/c1-16-8-9-19(17(2)14-16)22-10-12-23(13-11-22)20(24)15-26-21(25)18-6-4-3-5-7-18/h3-9,14H,10-13,15H2,1-2H3. The van der Waals surface area contributed by atoms with Crippen LogP contribution in [0, 0.1) is 13.8 Å². The molecule has 26 heavy (non-hydrogen) atoms. The Morgan fingerprint density at radius 2 is 1.65 bits per heavy atom. The number of aryl methyl sites for hydroxylation is 2. The molecule has 1 aliphatic heterocycles. The van der Waals surface area contributed by atoms with E-state index in [1.165, 1.54) is 16.8 Å². The first kappa shape index (κ1) is 18.0. The van der Waals surface area contributed by atoms with Gasteiger partial charge in [-0.1, -0.05) is 35.9 Å². The van der Waals surface area contributed by atoms with Gasteiger partial charge in [0.05, 0.1) is 5.56 Å². The lowest BCUT2D eigenvalue weighted by molar-refractivity contribution is -0.134. The Hall–Kier alpha value is -2.82. The maximum Gasteiger partial charge on any atom is 0.338 e. The molecule has 5 heteroatoms. The number of ether oxygens (including phenoxy) is 1. The molecule has 0 unspecified atom stereocenters. The molecule has 1 saturated heterocycles. The van der Waals surface area contributed by atoms with Crippen molar-refractivity contribution < 1.29 is 14.3 Å². The Bertz CT molecular complexity index is 781. The SMILES string of the molecule is Cc1ccc(N2CCN(C(=O)COC(=O)c3ccccc3)CC2)c(C)c1. The van der Waals surface area contributed by atoms with Crippen molar-refractivity contribution in [2.24, 2.45) is 0 Å². The number of piperazine rings is 1. The van der Waals surface area contributed by atoms with Gasteiger partial charge in [0.1, 0.15) is 0 Å². The molecule has 2 aromatic carbocycles. The first-order valence-corrected chi connectivity index (χ1v) is 8.87. The van der Waals surface area contributed by atoms with Gasteiger partial charge in [0, 0.05) is 31.9 Å². The van der Waals surface area contributed by atoms with Crippen LogP contribution < -0.4 is 4.90 Å². The molecule has 0 saturated carbocycles. The summed E-state index contributed by atoms with van der Waals surface area (Å²) in [6, 6.07) is 15.2. The minimum Gasteiger partial charge on any atom is -0.452 e. The van der Waals surface area contributed by atoms with E-state index in [9.17, 15) is 9.59 Å². The molecule has 1 amide bonds. The largest absolute Gasteiger partial charge is 0.452 e. The molecule has 0 N–H and O–H groups in total. The minimum absolute atomic E-state index is 0.144. The summed E-state index contributed by atoms with van der Waals surface area (Å²) in [5.41, 5.74) is 4.18. The van der Waals surface area contributed by atoms with Crippen LogP contribution in [0.1, 0.15) is 21.5 Å². The van der Waals surface area contributed by atoms with Crippen LogP contribution >= 0.6 is 0 Å². The third kappa shape index (κ3) is 4.23. The second-order valence-corrected chi connectivity index (χ2v) is 6.60. The van der Waals surface area contributed by atoms with E-state index in [0.717, 1.165) is 13.1 Å². The van der Waals surface area contributed by atoms with Crippen molar-refractivity contribution in [1.29, 1.82) is 0 Å². The highest BCUT2D eigenvalue weighted by Crippen LogP contribution is 2.22. The summed E-state index contributed by atoms with van der Waals surface area (Å²) in [6.07, 6.45) is 0. The summed E-state index contributed by atoms with van der Waals surface area (Å²) < 4.78 is 5.14. The topological polar surface area (TPSA) is 49.9 Å². The van der Waals surface area contributed by atoms with Crippen LogP contribution in [0.2, 0.25) is 0 Å². The zero-order chi connectivity index (χ0) is 18.5. The van der Waals surface area contributed by atoms with Gasteiger partial charge in [-0.05, 0) is 37.6 Å². The third-order valence-electron chi connectivity index (χ3n) is 4.66. The van der Waals surface area contributed by atoms with Gasteiger partial charge in [0.2, 0.25) is 0 Å². The lowest BCUT2D eigenvalue weighted by atomic mass is 10.1. The van der Waals surface area contributed by atoms with E-state index in [0.29, 0.717) is 18.7 Å². The average Bonchev–Trinajstić information content (AvgIpc) is 2.67. The van der Waals surface area contributed by atoms with Gasteiger partial charge in [-0.2, -0.15) is 0 Å². The molecular weight excluding hydrogens is 328 g/mol. The van der Waals surface area contributed by atoms with Gasteiger partial charge >= 0.3 is 5.97 Å². The Morgan fingerprint density at radius 3 is 2.31 bits per heavy atom. The number of carbonyl (C=O) groups excluding carboxylic acids is 2. The van der Waals surface area contributed by atoms with E-state index in [4.69, 9.17) is 4.74 Å². The first-order valence-electron chi connectivity index (χ1n) is 8.87. The second-order valence-electron chi connectivity index (χ2n) is 6.60. The summed E-state index contributed by atoms with van der Waals surface area (Å²) in [5.74, 6) is -0.609. The summed E-state index contributed by atoms with van der Waals surface area (Å²) in [5, 5.41) is 0. The van der Waals surface area contributed by atoms with E-state index in [1.54, 1.807) is 29.2 Å². The highest BCUT2D eigenvalue weighted by molar-refractivity contribution is 5.91. The molecule has 1 fully saturated rings. The van der Waals surface area contributed by atoms with E-state index >= 15 is 0 Å². The molecule has 5 nitrogen and oxygen atoms in total. The number of esters is 1. The molecule has 3 rings (SSSR count). The normalized spacial score (nSPS) is 14.2. The van der Waals surface area contributed by atoms with Gasteiger partial charge in [0.15, 0.2) is 6.61 Å². The third-order valence-corrected chi connectivity index (χ3v) is 4.66. The summed E-state index contributed by atoms with van der Waals surface area (Å²) in [4.78, 5) is 28.3. The van der Waals surface area contributed by atoms with E-state index in [-0.39, 0.29) is 12.5 Å².